The predicted octanol–water partition coefficient (Wildman–Crippen LogP) is 4.89. The molecule has 1 unspecified atom stereocenters. The number of carbonyl (C=O) groups is 1. The van der Waals surface area contributed by atoms with Crippen molar-refractivity contribution in [1.82, 2.24) is 4.98 Å². The molecular weight excluding hydrogens is 438 g/mol. The van der Waals surface area contributed by atoms with E-state index in [1.807, 2.05) is 24.3 Å². The summed E-state index contributed by atoms with van der Waals surface area (Å²) < 4.78 is 33.7. The van der Waals surface area contributed by atoms with Crippen LogP contribution in [-0.2, 0) is 20.2 Å². The van der Waals surface area contributed by atoms with E-state index in [2.05, 4.69) is 28.9 Å². The number of sulfonamides is 1. The van der Waals surface area contributed by atoms with Crippen molar-refractivity contribution >= 4 is 27.4 Å². The lowest BCUT2D eigenvalue weighted by atomic mass is 9.73. The molecule has 0 aliphatic carbocycles. The molecule has 4 rings (SSSR count). The van der Waals surface area contributed by atoms with E-state index in [9.17, 15) is 13.2 Å². The van der Waals surface area contributed by atoms with E-state index in [-0.39, 0.29) is 22.3 Å². The summed E-state index contributed by atoms with van der Waals surface area (Å²) in [7, 11) is -3.78. The molecular formula is C25H27N3O4S. The highest BCUT2D eigenvalue weighted by molar-refractivity contribution is 7.92. The normalized spacial score (nSPS) is 16.9. The summed E-state index contributed by atoms with van der Waals surface area (Å²) in [6, 6.07) is 15.9. The van der Waals surface area contributed by atoms with E-state index >= 15 is 0 Å². The van der Waals surface area contributed by atoms with Gasteiger partial charge in [-0.05, 0) is 66.3 Å². The highest BCUT2D eigenvalue weighted by Crippen LogP contribution is 2.45. The number of fused-ring (bicyclic) bond motifs is 1. The molecule has 1 aliphatic rings. The van der Waals surface area contributed by atoms with Crippen molar-refractivity contribution in [2.75, 3.05) is 16.6 Å². The number of nitrogens with zero attached hydrogens (tertiary/aromatic N) is 1. The van der Waals surface area contributed by atoms with E-state index < -0.39 is 10.0 Å². The first kappa shape index (κ1) is 22.8. The van der Waals surface area contributed by atoms with Crippen LogP contribution < -0.4 is 10.0 Å². The highest BCUT2D eigenvalue weighted by Gasteiger charge is 2.35. The summed E-state index contributed by atoms with van der Waals surface area (Å²) in [5.41, 5.74) is 3.56. The number of carbonyl (C=O) groups excluding carboxylic acids is 1. The average Bonchev–Trinajstić information content (AvgIpc) is 2.79. The Kier molecular flexibility index (Phi) is 6.12. The van der Waals surface area contributed by atoms with E-state index in [0.717, 1.165) is 16.8 Å². The number of para-hydroxylation sites is 1. The van der Waals surface area contributed by atoms with Crippen LogP contribution in [0, 0.1) is 0 Å². The number of hydrogen-bond donors (Lipinski definition) is 2. The van der Waals surface area contributed by atoms with Gasteiger partial charge in [0.25, 0.3) is 10.0 Å². The van der Waals surface area contributed by atoms with Gasteiger partial charge in [-0.2, -0.15) is 0 Å². The van der Waals surface area contributed by atoms with Gasteiger partial charge in [0.2, 0.25) is 0 Å². The lowest BCUT2D eigenvalue weighted by Crippen LogP contribution is -2.32. The van der Waals surface area contributed by atoms with E-state index in [4.69, 9.17) is 4.74 Å². The summed E-state index contributed by atoms with van der Waals surface area (Å²) in [5, 5.41) is 3.53. The Balaban J connectivity index is 1.66. The van der Waals surface area contributed by atoms with Gasteiger partial charge in [0.05, 0.1) is 23.9 Å². The summed E-state index contributed by atoms with van der Waals surface area (Å²) in [6.45, 7) is 6.35. The predicted molar refractivity (Wildman–Crippen MR) is 128 cm³/mol. The molecule has 8 heteroatoms. The van der Waals surface area contributed by atoms with Crippen LogP contribution in [0.1, 0.15) is 54.7 Å². The minimum absolute atomic E-state index is 0.105. The summed E-state index contributed by atoms with van der Waals surface area (Å²) in [6.07, 6.45) is 3.56. The Bertz CT molecular complexity index is 1270. The zero-order chi connectivity index (χ0) is 23.6. The summed E-state index contributed by atoms with van der Waals surface area (Å²) in [5.74, 6) is -0.339. The lowest BCUT2D eigenvalue weighted by Gasteiger charge is -2.39. The van der Waals surface area contributed by atoms with Gasteiger partial charge in [0, 0.05) is 18.1 Å². The van der Waals surface area contributed by atoms with Gasteiger partial charge in [-0.25, -0.2) is 13.2 Å². The lowest BCUT2D eigenvalue weighted by molar-refractivity contribution is 0.0526. The van der Waals surface area contributed by atoms with Crippen molar-refractivity contribution in [3.8, 4) is 0 Å². The summed E-state index contributed by atoms with van der Waals surface area (Å²) >= 11 is 0. The Morgan fingerprint density at radius 3 is 2.70 bits per heavy atom. The van der Waals surface area contributed by atoms with Gasteiger partial charge in [0.1, 0.15) is 4.90 Å². The molecule has 7 nitrogen and oxygen atoms in total. The minimum Gasteiger partial charge on any atom is -0.462 e. The van der Waals surface area contributed by atoms with Crippen LogP contribution in [0.15, 0.2) is 71.9 Å². The number of benzene rings is 2. The number of pyridine rings is 1. The molecule has 0 saturated carbocycles. The molecule has 0 amide bonds. The second kappa shape index (κ2) is 8.86. The molecule has 2 N–H and O–H groups in total. The molecule has 172 valence electrons. The molecule has 3 aromatic rings. The number of aromatic nitrogens is 1. The first-order valence-electron chi connectivity index (χ1n) is 10.8. The van der Waals surface area contributed by atoms with Crippen molar-refractivity contribution < 1.29 is 17.9 Å². The number of nitrogens with one attached hydrogen (secondary N) is 2. The fourth-order valence-electron chi connectivity index (χ4n) is 4.22. The maximum Gasteiger partial charge on any atom is 0.338 e. The van der Waals surface area contributed by atoms with Crippen molar-refractivity contribution in [2.24, 2.45) is 0 Å². The molecule has 0 saturated heterocycles. The Labute approximate surface area is 194 Å². The van der Waals surface area contributed by atoms with Crippen LogP contribution in [0.2, 0.25) is 0 Å². The molecule has 1 aromatic heterocycles. The van der Waals surface area contributed by atoms with Gasteiger partial charge in [0.15, 0.2) is 0 Å². The van der Waals surface area contributed by atoms with Gasteiger partial charge >= 0.3 is 5.97 Å². The first-order valence-corrected chi connectivity index (χ1v) is 12.3. The SMILES string of the molecule is CCOC(=O)c1ccc2c(c1)C(C)(C)CC(c1ccccc1NS(=O)(=O)c1cccnc1)N2. The quantitative estimate of drug-likeness (QED) is 0.503. The van der Waals surface area contributed by atoms with E-state index in [1.165, 1.54) is 18.5 Å². The van der Waals surface area contributed by atoms with Crippen LogP contribution in [0.4, 0.5) is 11.4 Å². The third-order valence-electron chi connectivity index (χ3n) is 5.83. The number of esters is 1. The Hall–Kier alpha value is -3.39. The smallest absolute Gasteiger partial charge is 0.338 e. The van der Waals surface area contributed by atoms with Crippen LogP contribution in [0.5, 0.6) is 0 Å². The monoisotopic (exact) mass is 465 g/mol. The van der Waals surface area contributed by atoms with Gasteiger partial charge in [-0.1, -0.05) is 32.0 Å². The van der Waals surface area contributed by atoms with Gasteiger partial charge < -0.3 is 10.1 Å². The van der Waals surface area contributed by atoms with Gasteiger partial charge in [-0.15, -0.1) is 0 Å². The van der Waals surface area contributed by atoms with Crippen LogP contribution in [0.3, 0.4) is 0 Å². The fourth-order valence-corrected chi connectivity index (χ4v) is 5.27. The molecule has 2 heterocycles. The van der Waals surface area contributed by atoms with E-state index in [0.29, 0.717) is 24.3 Å². The molecule has 1 aliphatic heterocycles. The van der Waals surface area contributed by atoms with Crippen molar-refractivity contribution in [2.45, 2.75) is 43.5 Å². The number of ether oxygens (including phenoxy) is 1. The fraction of sp³-hybridized carbons (Fsp3) is 0.280. The second-order valence-electron chi connectivity index (χ2n) is 8.65. The van der Waals surface area contributed by atoms with Crippen molar-refractivity contribution in [3.63, 3.8) is 0 Å². The highest BCUT2D eigenvalue weighted by atomic mass is 32.2. The molecule has 0 fully saturated rings. The standard InChI is InChI=1S/C25H27N3O4S/c1-4-32-24(29)17-11-12-22-20(14-17)25(2,3)15-23(27-22)19-9-5-6-10-21(19)28-33(30,31)18-8-7-13-26-16-18/h5-14,16,23,27-28H,4,15H2,1-3H3. The number of anilines is 2. The molecule has 0 radical (unpaired) electrons. The largest absolute Gasteiger partial charge is 0.462 e. The molecule has 0 bridgehead atoms. The molecule has 33 heavy (non-hydrogen) atoms. The molecule has 2 aromatic carbocycles. The van der Waals surface area contributed by atoms with Gasteiger partial charge in [-0.3, -0.25) is 9.71 Å². The maximum atomic E-state index is 12.9. The van der Waals surface area contributed by atoms with Crippen LogP contribution in [0.25, 0.3) is 0 Å². The maximum absolute atomic E-state index is 12.9. The Morgan fingerprint density at radius 1 is 1.18 bits per heavy atom. The summed E-state index contributed by atoms with van der Waals surface area (Å²) in [4.78, 5) is 16.2. The van der Waals surface area contributed by atoms with Crippen LogP contribution in [-0.4, -0.2) is 26.0 Å². The van der Waals surface area contributed by atoms with E-state index in [1.54, 1.807) is 31.2 Å². The minimum atomic E-state index is -3.78. The zero-order valence-electron chi connectivity index (χ0n) is 18.8. The zero-order valence-corrected chi connectivity index (χ0v) is 19.6. The van der Waals surface area contributed by atoms with Crippen molar-refractivity contribution in [3.05, 3.63) is 83.7 Å². The first-order chi connectivity index (χ1) is 15.7. The average molecular weight is 466 g/mol. The third-order valence-corrected chi connectivity index (χ3v) is 7.18. The molecule has 1 atom stereocenters. The van der Waals surface area contributed by atoms with Crippen molar-refractivity contribution in [1.29, 1.82) is 0 Å². The second-order valence-corrected chi connectivity index (χ2v) is 10.3. The van der Waals surface area contributed by atoms with Crippen LogP contribution >= 0.6 is 0 Å². The molecule has 0 spiro atoms. The number of hydrogen-bond acceptors (Lipinski definition) is 6. The number of rotatable bonds is 6. The topological polar surface area (TPSA) is 97.4 Å². The third kappa shape index (κ3) is 4.71. The Morgan fingerprint density at radius 2 is 1.97 bits per heavy atom.